The van der Waals surface area contributed by atoms with Crippen molar-refractivity contribution in [3.63, 3.8) is 0 Å². The Morgan fingerprint density at radius 2 is 2.17 bits per heavy atom. The Kier molecular flexibility index (Phi) is 6.17. The summed E-state index contributed by atoms with van der Waals surface area (Å²) in [4.78, 5) is 27.5. The minimum absolute atomic E-state index is 0.00870. The SMILES string of the molecule is CC(=O)NCc1ccc(C(=O)CSc2nnc(-c3cc4c(s3)CC[C@@H](C)C4)o2)s1. The van der Waals surface area contributed by atoms with Crippen molar-refractivity contribution < 1.29 is 14.0 Å². The number of aromatic nitrogens is 2. The lowest BCUT2D eigenvalue weighted by atomic mass is 9.90. The summed E-state index contributed by atoms with van der Waals surface area (Å²) in [6.07, 6.45) is 3.46. The number of nitrogens with one attached hydrogen (secondary N) is 1. The fourth-order valence-corrected chi connectivity index (χ4v) is 5.96. The van der Waals surface area contributed by atoms with Gasteiger partial charge in [-0.05, 0) is 48.9 Å². The number of ketones is 1. The van der Waals surface area contributed by atoms with Gasteiger partial charge in [0, 0.05) is 16.7 Å². The number of Topliss-reactive ketones (excluding diaryl/α,β-unsaturated/α-hetero) is 1. The average molecular weight is 448 g/mol. The van der Waals surface area contributed by atoms with Gasteiger partial charge in [0.1, 0.15) is 0 Å². The van der Waals surface area contributed by atoms with Crippen LogP contribution in [0.2, 0.25) is 0 Å². The molecule has 1 aliphatic carbocycles. The Balaban J connectivity index is 1.35. The molecule has 0 spiro atoms. The van der Waals surface area contributed by atoms with Gasteiger partial charge in [0.25, 0.3) is 11.1 Å². The molecule has 1 aliphatic rings. The van der Waals surface area contributed by atoms with Crippen LogP contribution < -0.4 is 5.32 Å². The lowest BCUT2D eigenvalue weighted by molar-refractivity contribution is -0.119. The zero-order valence-electron chi connectivity index (χ0n) is 16.2. The van der Waals surface area contributed by atoms with E-state index in [2.05, 4.69) is 28.5 Å². The number of thioether (sulfide) groups is 1. The Bertz CT molecular complexity index is 1040. The minimum Gasteiger partial charge on any atom is -0.410 e. The van der Waals surface area contributed by atoms with Gasteiger partial charge in [0.05, 0.1) is 22.1 Å². The van der Waals surface area contributed by atoms with Crippen molar-refractivity contribution in [3.05, 3.63) is 38.4 Å². The molecule has 0 radical (unpaired) electrons. The molecule has 0 aliphatic heterocycles. The molecule has 0 saturated heterocycles. The van der Waals surface area contributed by atoms with Gasteiger partial charge in [-0.3, -0.25) is 9.59 Å². The third-order valence-corrected chi connectivity index (χ3v) is 7.89. The highest BCUT2D eigenvalue weighted by Crippen LogP contribution is 2.37. The third-order valence-electron chi connectivity index (χ3n) is 4.72. The van der Waals surface area contributed by atoms with Crippen molar-refractivity contribution in [2.45, 2.75) is 44.9 Å². The summed E-state index contributed by atoms with van der Waals surface area (Å²) in [5, 5.41) is 11.4. The molecule has 0 fully saturated rings. The van der Waals surface area contributed by atoms with Crippen molar-refractivity contribution in [2.24, 2.45) is 5.92 Å². The number of fused-ring (bicyclic) bond motifs is 1. The van der Waals surface area contributed by atoms with E-state index < -0.39 is 0 Å². The van der Waals surface area contributed by atoms with E-state index >= 15 is 0 Å². The van der Waals surface area contributed by atoms with Crippen molar-refractivity contribution in [1.29, 1.82) is 0 Å². The number of rotatable bonds is 7. The number of nitrogens with zero attached hydrogens (tertiary/aromatic N) is 2. The fraction of sp³-hybridized carbons (Fsp3) is 0.400. The highest BCUT2D eigenvalue weighted by atomic mass is 32.2. The summed E-state index contributed by atoms with van der Waals surface area (Å²) in [5.74, 6) is 1.41. The van der Waals surface area contributed by atoms with Crippen molar-refractivity contribution in [1.82, 2.24) is 15.5 Å². The largest absolute Gasteiger partial charge is 0.410 e. The standard InChI is InChI=1S/C20H21N3O3S3/c1-11-3-5-16-13(7-11)8-18(29-16)19-22-23-20(26-19)27-10-15(25)17-6-4-14(28-17)9-21-12(2)24/h4,6,8,11H,3,5,7,9-10H2,1-2H3,(H,21,24)/t11-/m1/s1. The second kappa shape index (κ2) is 8.81. The second-order valence-electron chi connectivity index (χ2n) is 7.17. The van der Waals surface area contributed by atoms with Gasteiger partial charge in [-0.15, -0.1) is 32.9 Å². The molecule has 3 aromatic heterocycles. The van der Waals surface area contributed by atoms with Gasteiger partial charge >= 0.3 is 0 Å². The van der Waals surface area contributed by atoms with Crippen LogP contribution in [0.1, 0.15) is 45.3 Å². The summed E-state index contributed by atoms with van der Waals surface area (Å²) >= 11 is 4.38. The second-order valence-corrected chi connectivity index (χ2v) is 10.4. The molecule has 1 N–H and O–H groups in total. The molecule has 6 nitrogen and oxygen atoms in total. The van der Waals surface area contributed by atoms with Crippen LogP contribution in [0.3, 0.4) is 0 Å². The zero-order chi connectivity index (χ0) is 20.4. The molecule has 0 aromatic carbocycles. The van der Waals surface area contributed by atoms with E-state index in [9.17, 15) is 9.59 Å². The highest BCUT2D eigenvalue weighted by molar-refractivity contribution is 7.99. The van der Waals surface area contributed by atoms with Crippen LogP contribution in [0, 0.1) is 5.92 Å². The molecule has 152 valence electrons. The van der Waals surface area contributed by atoms with Crippen LogP contribution in [-0.2, 0) is 24.2 Å². The first-order valence-electron chi connectivity index (χ1n) is 9.42. The summed E-state index contributed by atoms with van der Waals surface area (Å²) in [5.41, 5.74) is 1.40. The van der Waals surface area contributed by atoms with Gasteiger partial charge in [-0.1, -0.05) is 18.7 Å². The normalized spacial score (nSPS) is 15.9. The van der Waals surface area contributed by atoms with Crippen molar-refractivity contribution in [2.75, 3.05) is 5.75 Å². The average Bonchev–Trinajstić information content (AvgIpc) is 3.42. The maximum Gasteiger partial charge on any atom is 0.277 e. The van der Waals surface area contributed by atoms with Crippen molar-refractivity contribution in [3.8, 4) is 10.8 Å². The van der Waals surface area contributed by atoms with Crippen LogP contribution in [0.25, 0.3) is 10.8 Å². The third kappa shape index (κ3) is 4.96. The smallest absolute Gasteiger partial charge is 0.277 e. The van der Waals surface area contributed by atoms with Crippen LogP contribution >= 0.6 is 34.4 Å². The topological polar surface area (TPSA) is 85.1 Å². The van der Waals surface area contributed by atoms with E-state index in [1.54, 1.807) is 17.4 Å². The first kappa shape index (κ1) is 20.3. The van der Waals surface area contributed by atoms with E-state index in [1.807, 2.05) is 6.07 Å². The zero-order valence-corrected chi connectivity index (χ0v) is 18.6. The van der Waals surface area contributed by atoms with Crippen LogP contribution in [0.4, 0.5) is 0 Å². The first-order valence-corrected chi connectivity index (χ1v) is 12.0. The van der Waals surface area contributed by atoms with Crippen molar-refractivity contribution >= 4 is 46.1 Å². The van der Waals surface area contributed by atoms with E-state index in [0.29, 0.717) is 22.5 Å². The predicted molar refractivity (Wildman–Crippen MR) is 116 cm³/mol. The molecule has 0 unspecified atom stereocenters. The predicted octanol–water partition coefficient (Wildman–Crippen LogP) is 4.60. The van der Waals surface area contributed by atoms with Gasteiger partial charge in [-0.25, -0.2) is 0 Å². The molecular weight excluding hydrogens is 426 g/mol. The van der Waals surface area contributed by atoms with Gasteiger partial charge in [0.15, 0.2) is 5.78 Å². The lowest BCUT2D eigenvalue weighted by Crippen LogP contribution is -2.18. The summed E-state index contributed by atoms with van der Waals surface area (Å²) in [7, 11) is 0. The number of carbonyl (C=O) groups excluding carboxylic acids is 2. The van der Waals surface area contributed by atoms with Gasteiger partial charge in [0.2, 0.25) is 5.91 Å². The molecule has 0 bridgehead atoms. The Hall–Kier alpha value is -1.97. The van der Waals surface area contributed by atoms with Gasteiger partial charge in [-0.2, -0.15) is 0 Å². The number of aryl methyl sites for hydroxylation is 1. The first-order chi connectivity index (χ1) is 14.0. The molecule has 1 atom stereocenters. The maximum atomic E-state index is 12.4. The van der Waals surface area contributed by atoms with Crippen LogP contribution in [0.15, 0.2) is 27.8 Å². The molecule has 3 heterocycles. The Morgan fingerprint density at radius 3 is 3.00 bits per heavy atom. The monoisotopic (exact) mass is 447 g/mol. The molecule has 0 saturated carbocycles. The lowest BCUT2D eigenvalue weighted by Gasteiger charge is -2.16. The quantitative estimate of drug-likeness (QED) is 0.421. The number of thiophene rings is 2. The summed E-state index contributed by atoms with van der Waals surface area (Å²) in [6, 6.07) is 5.83. The number of hydrogen-bond donors (Lipinski definition) is 1. The van der Waals surface area contributed by atoms with Crippen LogP contribution in [-0.4, -0.2) is 27.6 Å². The molecular formula is C20H21N3O3S3. The molecule has 9 heteroatoms. The van der Waals surface area contributed by atoms with Gasteiger partial charge < -0.3 is 9.73 Å². The molecule has 3 aromatic rings. The number of amides is 1. The van der Waals surface area contributed by atoms with E-state index in [-0.39, 0.29) is 17.4 Å². The van der Waals surface area contributed by atoms with E-state index in [0.717, 1.165) is 28.5 Å². The molecule has 29 heavy (non-hydrogen) atoms. The fourth-order valence-electron chi connectivity index (χ4n) is 3.21. The number of hydrogen-bond acceptors (Lipinski definition) is 8. The Labute approximate surface area is 181 Å². The molecule has 4 rings (SSSR count). The maximum absolute atomic E-state index is 12.4. The summed E-state index contributed by atoms with van der Waals surface area (Å²) in [6.45, 7) is 4.20. The summed E-state index contributed by atoms with van der Waals surface area (Å²) < 4.78 is 5.79. The molecule has 1 amide bonds. The Morgan fingerprint density at radius 1 is 1.31 bits per heavy atom. The highest BCUT2D eigenvalue weighted by Gasteiger charge is 2.21. The van der Waals surface area contributed by atoms with E-state index in [1.165, 1.54) is 46.9 Å². The minimum atomic E-state index is -0.0878. The van der Waals surface area contributed by atoms with E-state index in [4.69, 9.17) is 4.42 Å². The number of carbonyl (C=O) groups is 2. The van der Waals surface area contributed by atoms with Crippen LogP contribution in [0.5, 0.6) is 0 Å².